The smallest absolute Gasteiger partial charge is 0.449 e. The van der Waals surface area contributed by atoms with Crippen LogP contribution in [0.15, 0.2) is 41.0 Å². The van der Waals surface area contributed by atoms with Crippen LogP contribution in [0.4, 0.5) is 30.8 Å². The van der Waals surface area contributed by atoms with E-state index < -0.39 is 12.0 Å². The summed E-state index contributed by atoms with van der Waals surface area (Å²) in [5, 5.41) is 5.95. The molecule has 1 aromatic carbocycles. The average molecular weight is 419 g/mol. The van der Waals surface area contributed by atoms with Gasteiger partial charge in [-0.2, -0.15) is 28.1 Å². The van der Waals surface area contributed by atoms with E-state index in [1.165, 1.54) is 12.1 Å². The monoisotopic (exact) mass is 419 g/mol. The zero-order chi connectivity index (χ0) is 21.1. The number of rotatable bonds is 7. The molecule has 0 fully saturated rings. The van der Waals surface area contributed by atoms with Gasteiger partial charge in [-0.15, -0.1) is 0 Å². The number of imidazole rings is 1. The molecule has 0 radical (unpaired) electrons. The summed E-state index contributed by atoms with van der Waals surface area (Å²) in [6, 6.07) is 8.18. The summed E-state index contributed by atoms with van der Waals surface area (Å²) >= 11 is 0. The SMILES string of the molecule is CCOc1nc(NCc2ccco2)nc(Nc2ccc3nc(C(F)(F)F)[nH]c3c2)n1. The first-order valence-electron chi connectivity index (χ1n) is 8.90. The van der Waals surface area contributed by atoms with Gasteiger partial charge in [-0.05, 0) is 37.3 Å². The maximum atomic E-state index is 12.8. The van der Waals surface area contributed by atoms with Crippen LogP contribution in [0.5, 0.6) is 6.01 Å². The number of anilines is 3. The van der Waals surface area contributed by atoms with Gasteiger partial charge in [0.05, 0.1) is 30.4 Å². The lowest BCUT2D eigenvalue weighted by molar-refractivity contribution is -0.144. The van der Waals surface area contributed by atoms with Gasteiger partial charge < -0.3 is 24.8 Å². The number of benzene rings is 1. The molecule has 0 atom stereocenters. The molecule has 0 bridgehead atoms. The summed E-state index contributed by atoms with van der Waals surface area (Å²) in [5.41, 5.74) is 0.882. The molecule has 0 aliphatic rings. The van der Waals surface area contributed by atoms with E-state index in [0.29, 0.717) is 24.6 Å². The van der Waals surface area contributed by atoms with Gasteiger partial charge in [0.2, 0.25) is 17.7 Å². The molecule has 3 heterocycles. The van der Waals surface area contributed by atoms with E-state index in [2.05, 4.69) is 35.6 Å². The van der Waals surface area contributed by atoms with Gasteiger partial charge in [0.1, 0.15) is 5.76 Å². The third-order valence-electron chi connectivity index (χ3n) is 3.90. The molecular weight excluding hydrogens is 403 g/mol. The molecule has 3 N–H and O–H groups in total. The number of H-pyrrole nitrogens is 1. The summed E-state index contributed by atoms with van der Waals surface area (Å²) in [6.45, 7) is 2.49. The Morgan fingerprint density at radius 1 is 1.10 bits per heavy atom. The van der Waals surface area contributed by atoms with Gasteiger partial charge in [0.25, 0.3) is 0 Å². The van der Waals surface area contributed by atoms with Gasteiger partial charge in [0, 0.05) is 5.69 Å². The van der Waals surface area contributed by atoms with Crippen molar-refractivity contribution >= 4 is 28.6 Å². The Bertz CT molecular complexity index is 1140. The summed E-state index contributed by atoms with van der Waals surface area (Å²) < 4.78 is 49.2. The number of ether oxygens (including phenoxy) is 1. The van der Waals surface area contributed by atoms with E-state index in [9.17, 15) is 13.2 Å². The molecular formula is C18H16F3N7O2. The van der Waals surface area contributed by atoms with E-state index in [-0.39, 0.29) is 28.9 Å². The van der Waals surface area contributed by atoms with E-state index in [1.807, 2.05) is 0 Å². The van der Waals surface area contributed by atoms with Crippen molar-refractivity contribution in [2.24, 2.45) is 0 Å². The number of fused-ring (bicyclic) bond motifs is 1. The van der Waals surface area contributed by atoms with Crippen molar-refractivity contribution in [3.63, 3.8) is 0 Å². The topological polar surface area (TPSA) is 114 Å². The summed E-state index contributed by atoms with van der Waals surface area (Å²) in [7, 11) is 0. The lowest BCUT2D eigenvalue weighted by Crippen LogP contribution is -2.09. The molecule has 30 heavy (non-hydrogen) atoms. The Morgan fingerprint density at radius 2 is 1.93 bits per heavy atom. The highest BCUT2D eigenvalue weighted by atomic mass is 19.4. The van der Waals surface area contributed by atoms with Crippen LogP contribution in [0, 0.1) is 0 Å². The van der Waals surface area contributed by atoms with Crippen LogP contribution in [0.1, 0.15) is 18.5 Å². The first kappa shape index (κ1) is 19.5. The predicted molar refractivity (Wildman–Crippen MR) is 101 cm³/mol. The zero-order valence-electron chi connectivity index (χ0n) is 15.6. The molecule has 0 unspecified atom stereocenters. The average Bonchev–Trinajstić information content (AvgIpc) is 3.35. The highest BCUT2D eigenvalue weighted by Crippen LogP contribution is 2.29. The van der Waals surface area contributed by atoms with Gasteiger partial charge in [0.15, 0.2) is 0 Å². The van der Waals surface area contributed by atoms with E-state index >= 15 is 0 Å². The maximum Gasteiger partial charge on any atom is 0.449 e. The molecule has 3 aromatic heterocycles. The molecule has 0 aliphatic heterocycles. The lowest BCUT2D eigenvalue weighted by atomic mass is 10.3. The number of nitrogens with one attached hydrogen (secondary N) is 3. The van der Waals surface area contributed by atoms with Gasteiger partial charge in [-0.3, -0.25) is 0 Å². The quantitative estimate of drug-likeness (QED) is 0.410. The Morgan fingerprint density at radius 3 is 2.67 bits per heavy atom. The van der Waals surface area contributed by atoms with Crippen molar-refractivity contribution in [3.05, 3.63) is 48.2 Å². The third-order valence-corrected chi connectivity index (χ3v) is 3.90. The van der Waals surface area contributed by atoms with Crippen molar-refractivity contribution in [3.8, 4) is 6.01 Å². The van der Waals surface area contributed by atoms with Crippen molar-refractivity contribution in [1.82, 2.24) is 24.9 Å². The van der Waals surface area contributed by atoms with E-state index in [4.69, 9.17) is 9.15 Å². The fraction of sp³-hybridized carbons (Fsp3) is 0.222. The van der Waals surface area contributed by atoms with Crippen LogP contribution in [-0.4, -0.2) is 31.5 Å². The van der Waals surface area contributed by atoms with Gasteiger partial charge in [-0.25, -0.2) is 4.98 Å². The number of aromatic amines is 1. The van der Waals surface area contributed by atoms with Crippen LogP contribution >= 0.6 is 0 Å². The number of hydrogen-bond donors (Lipinski definition) is 3. The molecule has 4 rings (SSSR count). The second-order valence-corrected chi connectivity index (χ2v) is 6.07. The fourth-order valence-electron chi connectivity index (χ4n) is 2.62. The van der Waals surface area contributed by atoms with Crippen LogP contribution in [0.2, 0.25) is 0 Å². The van der Waals surface area contributed by atoms with Crippen molar-refractivity contribution in [2.45, 2.75) is 19.6 Å². The normalized spacial score (nSPS) is 11.6. The number of aromatic nitrogens is 5. The molecule has 9 nitrogen and oxygen atoms in total. The molecule has 0 saturated carbocycles. The number of furan rings is 1. The second-order valence-electron chi connectivity index (χ2n) is 6.07. The van der Waals surface area contributed by atoms with Crippen molar-refractivity contribution in [1.29, 1.82) is 0 Å². The minimum Gasteiger partial charge on any atom is -0.467 e. The molecule has 0 saturated heterocycles. The summed E-state index contributed by atoms with van der Waals surface area (Å²) in [5.74, 6) is 0.0329. The third kappa shape index (κ3) is 4.42. The minimum atomic E-state index is -4.55. The number of halogens is 3. The van der Waals surface area contributed by atoms with Crippen molar-refractivity contribution in [2.75, 3.05) is 17.2 Å². The predicted octanol–water partition coefficient (Wildman–Crippen LogP) is 4.11. The maximum absolute atomic E-state index is 12.8. The highest BCUT2D eigenvalue weighted by Gasteiger charge is 2.34. The Balaban J connectivity index is 1.57. The highest BCUT2D eigenvalue weighted by molar-refractivity contribution is 5.80. The van der Waals surface area contributed by atoms with Crippen LogP contribution in [0.3, 0.4) is 0 Å². The molecule has 4 aromatic rings. The number of alkyl halides is 3. The number of hydrogen-bond acceptors (Lipinski definition) is 8. The Labute approximate surface area is 167 Å². The molecule has 0 amide bonds. The van der Waals surface area contributed by atoms with E-state index in [1.54, 1.807) is 31.4 Å². The van der Waals surface area contributed by atoms with Crippen LogP contribution in [-0.2, 0) is 12.7 Å². The minimum absolute atomic E-state index is 0.0962. The zero-order valence-corrected chi connectivity index (χ0v) is 15.6. The summed E-state index contributed by atoms with van der Waals surface area (Å²) in [4.78, 5) is 18.4. The summed E-state index contributed by atoms with van der Waals surface area (Å²) in [6.07, 6.45) is -3.00. The fourth-order valence-corrected chi connectivity index (χ4v) is 2.62. The van der Waals surface area contributed by atoms with Gasteiger partial charge >= 0.3 is 12.2 Å². The van der Waals surface area contributed by atoms with Crippen molar-refractivity contribution < 1.29 is 22.3 Å². The molecule has 0 aliphatic carbocycles. The number of nitrogens with zero attached hydrogens (tertiary/aromatic N) is 4. The van der Waals surface area contributed by atoms with Crippen LogP contribution in [0.25, 0.3) is 11.0 Å². The molecule has 156 valence electrons. The Hall–Kier alpha value is -3.83. The molecule has 12 heteroatoms. The standard InChI is InChI=1S/C18H16F3N7O2/c1-2-29-17-27-15(22-9-11-4-3-7-30-11)26-16(28-17)23-10-5-6-12-13(8-10)25-14(24-12)18(19,20)21/h3-8H,2,9H2,1H3,(H,24,25)(H2,22,23,26,27,28). The lowest BCUT2D eigenvalue weighted by Gasteiger charge is -2.10. The largest absolute Gasteiger partial charge is 0.467 e. The second kappa shape index (κ2) is 7.89. The van der Waals surface area contributed by atoms with E-state index in [0.717, 1.165) is 0 Å². The van der Waals surface area contributed by atoms with Crippen LogP contribution < -0.4 is 15.4 Å². The first-order chi connectivity index (χ1) is 14.4. The molecule has 0 spiro atoms. The van der Waals surface area contributed by atoms with Gasteiger partial charge in [-0.1, -0.05) is 0 Å². The Kier molecular flexibility index (Phi) is 5.12. The first-order valence-corrected chi connectivity index (χ1v) is 8.90.